The largest absolute Gasteiger partial charge is 0.563 e. The first-order valence-electron chi connectivity index (χ1n) is 6.90. The van der Waals surface area contributed by atoms with Crippen LogP contribution >= 0.6 is 0 Å². The normalized spacial score (nSPS) is 20.6. The van der Waals surface area contributed by atoms with Gasteiger partial charge in [0.05, 0.1) is 5.76 Å². The predicted molar refractivity (Wildman–Crippen MR) is 77.7 cm³/mol. The second-order valence-corrected chi connectivity index (χ2v) is 5.77. The molecule has 4 nitrogen and oxygen atoms in total. The van der Waals surface area contributed by atoms with Gasteiger partial charge in [-0.1, -0.05) is 18.7 Å². The van der Waals surface area contributed by atoms with E-state index in [1.54, 1.807) is 0 Å². The maximum Gasteiger partial charge on any atom is 0.563 e. The van der Waals surface area contributed by atoms with Crippen molar-refractivity contribution in [2.45, 2.75) is 25.9 Å². The lowest BCUT2D eigenvalue weighted by atomic mass is 9.78. The molecule has 1 aromatic carbocycles. The first kappa shape index (κ1) is 13.2. The summed E-state index contributed by atoms with van der Waals surface area (Å²) >= 11 is 0. The van der Waals surface area contributed by atoms with Gasteiger partial charge in [0, 0.05) is 18.7 Å². The van der Waals surface area contributed by atoms with Crippen LogP contribution in [0.15, 0.2) is 36.6 Å². The van der Waals surface area contributed by atoms with Gasteiger partial charge in [-0.05, 0) is 37.9 Å². The summed E-state index contributed by atoms with van der Waals surface area (Å²) in [5.41, 5.74) is 1.04. The van der Waals surface area contributed by atoms with E-state index < -0.39 is 12.7 Å². The third kappa shape index (κ3) is 2.22. The molecule has 1 aromatic rings. The molecule has 0 radical (unpaired) electrons. The molecule has 0 N–H and O–H groups in total. The van der Waals surface area contributed by atoms with Gasteiger partial charge < -0.3 is 14.2 Å². The Hall–Kier alpha value is -1.75. The topological polar surface area (TPSA) is 38.8 Å². The molecule has 2 heterocycles. The summed E-state index contributed by atoms with van der Waals surface area (Å²) in [6.07, 6.45) is 1.09. The van der Waals surface area contributed by atoms with Crippen LogP contribution in [0.4, 0.5) is 0 Å². The molecule has 5 heteroatoms. The SMILES string of the molecule is C=C1OB(c2cccc(C(=O)N3CCC3)c2)OC1(C)C. The number of carbonyl (C=O) groups is 1. The van der Waals surface area contributed by atoms with Crippen LogP contribution in [0.5, 0.6) is 0 Å². The molecule has 0 spiro atoms. The smallest absolute Gasteiger partial charge is 0.534 e. The minimum absolute atomic E-state index is 0.0779. The Bertz CT molecular complexity index is 566. The number of hydrogen-bond acceptors (Lipinski definition) is 3. The Kier molecular flexibility index (Phi) is 3.09. The second kappa shape index (κ2) is 4.67. The third-order valence-electron chi connectivity index (χ3n) is 3.87. The molecule has 1 amide bonds. The van der Waals surface area contributed by atoms with Crippen LogP contribution in [0.1, 0.15) is 30.6 Å². The summed E-state index contributed by atoms with van der Waals surface area (Å²) in [5, 5.41) is 0. The summed E-state index contributed by atoms with van der Waals surface area (Å²) < 4.78 is 11.5. The van der Waals surface area contributed by atoms with Crippen molar-refractivity contribution in [1.82, 2.24) is 4.90 Å². The molecule has 0 saturated carbocycles. The number of amides is 1. The van der Waals surface area contributed by atoms with E-state index in [9.17, 15) is 4.79 Å². The number of hydrogen-bond donors (Lipinski definition) is 0. The van der Waals surface area contributed by atoms with Crippen molar-refractivity contribution in [3.05, 3.63) is 42.2 Å². The summed E-state index contributed by atoms with van der Waals surface area (Å²) in [4.78, 5) is 14.1. The van der Waals surface area contributed by atoms with E-state index in [2.05, 4.69) is 6.58 Å². The van der Waals surface area contributed by atoms with E-state index in [1.807, 2.05) is 43.0 Å². The van der Waals surface area contributed by atoms with Crippen molar-refractivity contribution in [1.29, 1.82) is 0 Å². The van der Waals surface area contributed by atoms with Crippen molar-refractivity contribution in [3.8, 4) is 0 Å². The molecule has 104 valence electrons. The molecule has 0 bridgehead atoms. The van der Waals surface area contributed by atoms with Gasteiger partial charge in [-0.25, -0.2) is 0 Å². The molecular formula is C15H18BNO3. The van der Waals surface area contributed by atoms with Crippen LogP contribution in [-0.2, 0) is 9.31 Å². The molecule has 3 rings (SSSR count). The molecule has 2 aliphatic rings. The van der Waals surface area contributed by atoms with E-state index in [4.69, 9.17) is 9.31 Å². The highest BCUT2D eigenvalue weighted by molar-refractivity contribution is 6.62. The summed E-state index contributed by atoms with van der Waals surface area (Å²) in [6, 6.07) is 7.45. The van der Waals surface area contributed by atoms with Crippen LogP contribution in [0.3, 0.4) is 0 Å². The zero-order valence-electron chi connectivity index (χ0n) is 11.9. The van der Waals surface area contributed by atoms with Gasteiger partial charge in [0.15, 0.2) is 0 Å². The van der Waals surface area contributed by atoms with Gasteiger partial charge in [0.2, 0.25) is 0 Å². The number of carbonyl (C=O) groups excluding carboxylic acids is 1. The van der Waals surface area contributed by atoms with Crippen molar-refractivity contribution in [3.63, 3.8) is 0 Å². The molecular weight excluding hydrogens is 253 g/mol. The number of rotatable bonds is 2. The minimum atomic E-state index is -0.498. The fraction of sp³-hybridized carbons (Fsp3) is 0.400. The third-order valence-corrected chi connectivity index (χ3v) is 3.87. The molecule has 2 saturated heterocycles. The molecule has 0 aliphatic carbocycles. The standard InChI is InChI=1S/C15H18BNO3/c1-11-15(2,3)20-16(19-11)13-7-4-6-12(10-13)14(18)17-8-5-9-17/h4,6-7,10H,1,5,8-9H2,2-3H3. The van der Waals surface area contributed by atoms with Gasteiger partial charge in [0.1, 0.15) is 5.60 Å². The van der Waals surface area contributed by atoms with Gasteiger partial charge in [0.25, 0.3) is 5.91 Å². The van der Waals surface area contributed by atoms with E-state index in [0.717, 1.165) is 25.0 Å². The Balaban J connectivity index is 1.81. The first-order chi connectivity index (χ1) is 9.47. The summed E-state index contributed by atoms with van der Waals surface area (Å²) in [6.45, 7) is 9.41. The quantitative estimate of drug-likeness (QED) is 0.766. The molecule has 0 atom stereocenters. The average Bonchev–Trinajstić information content (AvgIpc) is 2.62. The fourth-order valence-electron chi connectivity index (χ4n) is 2.28. The average molecular weight is 271 g/mol. The molecule has 2 aliphatic heterocycles. The first-order valence-corrected chi connectivity index (χ1v) is 6.90. The van der Waals surface area contributed by atoms with E-state index in [0.29, 0.717) is 11.3 Å². The van der Waals surface area contributed by atoms with Crippen molar-refractivity contribution >= 4 is 18.5 Å². The maximum atomic E-state index is 12.2. The van der Waals surface area contributed by atoms with Gasteiger partial charge in [-0.3, -0.25) is 4.79 Å². The van der Waals surface area contributed by atoms with Crippen LogP contribution in [0.25, 0.3) is 0 Å². The Labute approximate surface area is 119 Å². The fourth-order valence-corrected chi connectivity index (χ4v) is 2.28. The summed E-state index contributed by atoms with van der Waals surface area (Å²) in [7, 11) is -0.485. The van der Waals surface area contributed by atoms with E-state index in [-0.39, 0.29) is 5.91 Å². The minimum Gasteiger partial charge on any atom is -0.534 e. The zero-order valence-corrected chi connectivity index (χ0v) is 11.9. The van der Waals surface area contributed by atoms with E-state index >= 15 is 0 Å². The highest BCUT2D eigenvalue weighted by atomic mass is 16.7. The maximum absolute atomic E-state index is 12.2. The highest BCUT2D eigenvalue weighted by Crippen LogP contribution is 2.29. The van der Waals surface area contributed by atoms with Crippen molar-refractivity contribution in [2.24, 2.45) is 0 Å². The second-order valence-electron chi connectivity index (χ2n) is 5.77. The van der Waals surface area contributed by atoms with Gasteiger partial charge in [-0.2, -0.15) is 0 Å². The van der Waals surface area contributed by atoms with Crippen molar-refractivity contribution < 1.29 is 14.1 Å². The molecule has 0 unspecified atom stereocenters. The van der Waals surface area contributed by atoms with Crippen LogP contribution in [0.2, 0.25) is 0 Å². The van der Waals surface area contributed by atoms with E-state index in [1.165, 1.54) is 0 Å². The number of nitrogens with zero attached hydrogens (tertiary/aromatic N) is 1. The number of benzene rings is 1. The van der Waals surface area contributed by atoms with Gasteiger partial charge in [-0.15, -0.1) is 0 Å². The highest BCUT2D eigenvalue weighted by Gasteiger charge is 2.42. The lowest BCUT2D eigenvalue weighted by molar-refractivity contribution is 0.0652. The van der Waals surface area contributed by atoms with Crippen LogP contribution in [0, 0.1) is 0 Å². The lowest BCUT2D eigenvalue weighted by Gasteiger charge is -2.31. The van der Waals surface area contributed by atoms with Crippen LogP contribution in [-0.4, -0.2) is 36.6 Å². The molecule has 0 aromatic heterocycles. The summed E-state index contributed by atoms with van der Waals surface area (Å²) in [5.74, 6) is 0.691. The van der Waals surface area contributed by atoms with Crippen LogP contribution < -0.4 is 5.46 Å². The predicted octanol–water partition coefficient (Wildman–Crippen LogP) is 1.57. The Morgan fingerprint density at radius 2 is 2.15 bits per heavy atom. The molecule has 20 heavy (non-hydrogen) atoms. The zero-order chi connectivity index (χ0) is 14.3. The van der Waals surface area contributed by atoms with Crippen molar-refractivity contribution in [2.75, 3.05) is 13.1 Å². The lowest BCUT2D eigenvalue weighted by Crippen LogP contribution is -2.42. The Morgan fingerprint density at radius 1 is 1.40 bits per heavy atom. The number of likely N-dealkylation sites (tertiary alicyclic amines) is 1. The van der Waals surface area contributed by atoms with Gasteiger partial charge >= 0.3 is 7.12 Å². The molecule has 2 fully saturated rings. The monoisotopic (exact) mass is 271 g/mol. The Morgan fingerprint density at radius 3 is 2.70 bits per heavy atom.